The van der Waals surface area contributed by atoms with E-state index >= 15 is 0 Å². The highest BCUT2D eigenvalue weighted by Gasteiger charge is 2.34. The van der Waals surface area contributed by atoms with Crippen molar-refractivity contribution in [2.45, 2.75) is 49.5 Å². The van der Waals surface area contributed by atoms with Gasteiger partial charge in [-0.3, -0.25) is 0 Å². The van der Waals surface area contributed by atoms with E-state index < -0.39 is 0 Å². The van der Waals surface area contributed by atoms with Crippen molar-refractivity contribution in [2.24, 2.45) is 5.92 Å². The van der Waals surface area contributed by atoms with Crippen molar-refractivity contribution in [1.82, 2.24) is 0 Å². The average Bonchev–Trinajstić information content (AvgIpc) is 3.16. The van der Waals surface area contributed by atoms with Gasteiger partial charge in [0.1, 0.15) is 6.07 Å². The predicted molar refractivity (Wildman–Crippen MR) is 85.3 cm³/mol. The summed E-state index contributed by atoms with van der Waals surface area (Å²) < 4.78 is 0. The molecule has 1 aromatic rings. The van der Waals surface area contributed by atoms with Gasteiger partial charge in [0.25, 0.3) is 0 Å². The first-order chi connectivity index (χ1) is 9.85. The van der Waals surface area contributed by atoms with Crippen LogP contribution in [0.4, 0.5) is 5.69 Å². The molecule has 1 heterocycles. The van der Waals surface area contributed by atoms with Crippen LogP contribution in [0.1, 0.15) is 44.1 Å². The van der Waals surface area contributed by atoms with Gasteiger partial charge in [-0.05, 0) is 50.0 Å². The maximum atomic E-state index is 9.55. The third-order valence-corrected chi connectivity index (χ3v) is 5.67. The molecule has 1 aliphatic heterocycles. The van der Waals surface area contributed by atoms with E-state index in [0.717, 1.165) is 22.9 Å². The van der Waals surface area contributed by atoms with E-state index in [2.05, 4.69) is 35.4 Å². The normalized spacial score (nSPS) is 23.2. The van der Waals surface area contributed by atoms with Gasteiger partial charge in [0.2, 0.25) is 0 Å². The highest BCUT2D eigenvalue weighted by Crippen LogP contribution is 2.40. The Morgan fingerprint density at radius 1 is 1.20 bits per heavy atom. The number of hydrogen-bond acceptors (Lipinski definition) is 3. The van der Waals surface area contributed by atoms with E-state index in [1.165, 1.54) is 44.2 Å². The van der Waals surface area contributed by atoms with Crippen LogP contribution in [0.2, 0.25) is 0 Å². The molecule has 2 aliphatic rings. The zero-order valence-electron chi connectivity index (χ0n) is 12.1. The molecule has 1 aliphatic carbocycles. The van der Waals surface area contributed by atoms with Gasteiger partial charge in [-0.2, -0.15) is 5.26 Å². The minimum absolute atomic E-state index is 0.668. The summed E-state index contributed by atoms with van der Waals surface area (Å²) in [7, 11) is 0. The molecule has 1 unspecified atom stereocenters. The molecule has 0 bridgehead atoms. The summed E-state index contributed by atoms with van der Waals surface area (Å²) in [5.41, 5.74) is 2.05. The fourth-order valence-electron chi connectivity index (χ4n) is 3.97. The molecule has 2 nitrogen and oxygen atoms in total. The number of nitrogens with zero attached hydrogens (tertiary/aromatic N) is 2. The lowest BCUT2D eigenvalue weighted by atomic mass is 9.95. The lowest BCUT2D eigenvalue weighted by Crippen LogP contribution is -2.35. The zero-order valence-corrected chi connectivity index (χ0v) is 13.0. The zero-order chi connectivity index (χ0) is 13.9. The number of rotatable bonds is 3. The van der Waals surface area contributed by atoms with Crippen molar-refractivity contribution in [3.8, 4) is 6.07 Å². The van der Waals surface area contributed by atoms with E-state index in [1.54, 1.807) is 11.8 Å². The third kappa shape index (κ3) is 2.42. The molecule has 0 aromatic heterocycles. The smallest absolute Gasteiger partial charge is 0.103 e. The van der Waals surface area contributed by atoms with Crippen molar-refractivity contribution < 1.29 is 0 Å². The number of nitriles is 1. The molecule has 0 spiro atoms. The molecule has 1 saturated heterocycles. The van der Waals surface area contributed by atoms with Crippen LogP contribution in [0.3, 0.4) is 0 Å². The van der Waals surface area contributed by atoms with Crippen LogP contribution in [-0.2, 0) is 0 Å². The Kier molecular flexibility index (Phi) is 4.21. The van der Waals surface area contributed by atoms with E-state index in [0.29, 0.717) is 6.04 Å². The highest BCUT2D eigenvalue weighted by atomic mass is 32.2. The van der Waals surface area contributed by atoms with Crippen LogP contribution < -0.4 is 4.90 Å². The van der Waals surface area contributed by atoms with Crippen LogP contribution in [0.15, 0.2) is 23.1 Å². The first-order valence-corrected chi connectivity index (χ1v) is 8.91. The first kappa shape index (κ1) is 13.8. The van der Waals surface area contributed by atoms with Gasteiger partial charge in [0.15, 0.2) is 0 Å². The largest absolute Gasteiger partial charge is 0.367 e. The molecule has 0 amide bonds. The fourth-order valence-corrected chi connectivity index (χ4v) is 4.53. The molecule has 106 valence electrons. The van der Waals surface area contributed by atoms with Gasteiger partial charge in [-0.1, -0.05) is 18.9 Å². The maximum absolute atomic E-state index is 9.55. The monoisotopic (exact) mass is 286 g/mol. The van der Waals surface area contributed by atoms with Crippen LogP contribution in [0.5, 0.6) is 0 Å². The van der Waals surface area contributed by atoms with E-state index in [9.17, 15) is 5.26 Å². The Labute approximate surface area is 126 Å². The summed E-state index contributed by atoms with van der Waals surface area (Å²) >= 11 is 1.68. The van der Waals surface area contributed by atoms with Crippen molar-refractivity contribution in [3.05, 3.63) is 23.8 Å². The SMILES string of the molecule is CSc1cccc(N2CCCC2C2CCCC2)c1C#N. The lowest BCUT2D eigenvalue weighted by molar-refractivity contribution is 0.430. The van der Waals surface area contributed by atoms with Crippen LogP contribution in [-0.4, -0.2) is 18.8 Å². The molecule has 3 heteroatoms. The van der Waals surface area contributed by atoms with Crippen LogP contribution in [0, 0.1) is 17.2 Å². The van der Waals surface area contributed by atoms with Gasteiger partial charge in [0.05, 0.1) is 11.3 Å². The van der Waals surface area contributed by atoms with E-state index in [-0.39, 0.29) is 0 Å². The quantitative estimate of drug-likeness (QED) is 0.769. The van der Waals surface area contributed by atoms with E-state index in [4.69, 9.17) is 0 Å². The molecule has 1 aromatic carbocycles. The van der Waals surface area contributed by atoms with Gasteiger partial charge < -0.3 is 4.90 Å². The maximum Gasteiger partial charge on any atom is 0.103 e. The summed E-state index contributed by atoms with van der Waals surface area (Å²) in [5.74, 6) is 0.849. The van der Waals surface area contributed by atoms with Crippen molar-refractivity contribution in [2.75, 3.05) is 17.7 Å². The molecular weight excluding hydrogens is 264 g/mol. The summed E-state index contributed by atoms with van der Waals surface area (Å²) in [6, 6.07) is 9.42. The second-order valence-electron chi connectivity index (χ2n) is 5.91. The Hall–Kier alpha value is -1.14. The fraction of sp³-hybridized carbons (Fsp3) is 0.588. The minimum atomic E-state index is 0.668. The predicted octanol–water partition coefficient (Wildman–Crippen LogP) is 4.44. The van der Waals surface area contributed by atoms with Gasteiger partial charge in [-0.15, -0.1) is 11.8 Å². The number of thioether (sulfide) groups is 1. The second kappa shape index (κ2) is 6.10. The Balaban J connectivity index is 1.93. The highest BCUT2D eigenvalue weighted by molar-refractivity contribution is 7.98. The Morgan fingerprint density at radius 3 is 2.70 bits per heavy atom. The summed E-state index contributed by atoms with van der Waals surface area (Å²) in [6.45, 7) is 1.12. The molecule has 1 atom stereocenters. The molecule has 0 N–H and O–H groups in total. The lowest BCUT2D eigenvalue weighted by Gasteiger charge is -2.32. The Bertz CT molecular complexity index is 514. The summed E-state index contributed by atoms with van der Waals surface area (Å²) in [4.78, 5) is 3.65. The number of hydrogen-bond donors (Lipinski definition) is 0. The molecule has 2 fully saturated rings. The molecule has 1 saturated carbocycles. The van der Waals surface area contributed by atoms with E-state index in [1.807, 2.05) is 0 Å². The second-order valence-corrected chi connectivity index (χ2v) is 6.76. The van der Waals surface area contributed by atoms with Gasteiger partial charge in [-0.25, -0.2) is 0 Å². The van der Waals surface area contributed by atoms with Crippen molar-refractivity contribution in [3.63, 3.8) is 0 Å². The van der Waals surface area contributed by atoms with Gasteiger partial charge in [0, 0.05) is 17.5 Å². The van der Waals surface area contributed by atoms with Crippen LogP contribution in [0.25, 0.3) is 0 Å². The Morgan fingerprint density at radius 2 is 2.00 bits per heavy atom. The minimum Gasteiger partial charge on any atom is -0.367 e. The van der Waals surface area contributed by atoms with Crippen LogP contribution >= 0.6 is 11.8 Å². The average molecular weight is 286 g/mol. The van der Waals surface area contributed by atoms with Gasteiger partial charge >= 0.3 is 0 Å². The molecule has 0 radical (unpaired) electrons. The first-order valence-electron chi connectivity index (χ1n) is 7.69. The molecule has 20 heavy (non-hydrogen) atoms. The third-order valence-electron chi connectivity index (χ3n) is 4.89. The summed E-state index contributed by atoms with van der Waals surface area (Å²) in [6.07, 6.45) is 10.2. The molecular formula is C17H22N2S. The van der Waals surface area contributed by atoms with Crippen molar-refractivity contribution >= 4 is 17.4 Å². The number of anilines is 1. The standard InChI is InChI=1S/C17H22N2S/c1-20-17-10-4-8-16(14(17)12-18)19-11-5-9-15(19)13-6-2-3-7-13/h4,8,10,13,15H,2-3,5-7,9,11H2,1H3. The molecule has 3 rings (SSSR count). The summed E-state index contributed by atoms with van der Waals surface area (Å²) in [5, 5.41) is 9.55. The van der Waals surface area contributed by atoms with Crippen molar-refractivity contribution in [1.29, 1.82) is 5.26 Å². The topological polar surface area (TPSA) is 27.0 Å². The number of benzene rings is 1.